The van der Waals surface area contributed by atoms with Crippen molar-refractivity contribution in [2.24, 2.45) is 0 Å². The first-order valence-electron chi connectivity index (χ1n) is 7.98. The summed E-state index contributed by atoms with van der Waals surface area (Å²) < 4.78 is 16.2. The maximum Gasteiger partial charge on any atom is 0.259 e. The van der Waals surface area contributed by atoms with Crippen LogP contribution in [0.5, 0.6) is 11.5 Å². The van der Waals surface area contributed by atoms with Gasteiger partial charge in [-0.15, -0.1) is 0 Å². The number of amides is 1. The Bertz CT molecular complexity index is 920. The number of methoxy groups -OCH3 is 1. The van der Waals surface area contributed by atoms with Gasteiger partial charge in [-0.05, 0) is 43.3 Å². The highest BCUT2D eigenvalue weighted by molar-refractivity contribution is 6.31. The summed E-state index contributed by atoms with van der Waals surface area (Å²) in [5.74, 6) is 1.59. The summed E-state index contributed by atoms with van der Waals surface area (Å²) in [6.07, 6.45) is 1.48. The molecular formula is C20H18ClNO4. The molecule has 0 aliphatic carbocycles. The van der Waals surface area contributed by atoms with Gasteiger partial charge < -0.3 is 19.2 Å². The van der Waals surface area contributed by atoms with Crippen LogP contribution < -0.4 is 14.8 Å². The first-order valence-corrected chi connectivity index (χ1v) is 8.36. The molecule has 6 heteroatoms. The third-order valence-electron chi connectivity index (χ3n) is 3.86. The standard InChI is InChI=1S/C20H18ClNO4/c1-13-16(9-10-25-13)20(23)22-15-7-8-17(21)14(11-15)12-26-19-6-4-3-5-18(19)24-2/h3-11H,12H2,1-2H3,(H,22,23). The van der Waals surface area contributed by atoms with Gasteiger partial charge in [0, 0.05) is 16.3 Å². The Morgan fingerprint density at radius 2 is 1.92 bits per heavy atom. The highest BCUT2D eigenvalue weighted by atomic mass is 35.5. The number of ether oxygens (including phenoxy) is 2. The molecule has 0 bridgehead atoms. The zero-order chi connectivity index (χ0) is 18.5. The van der Waals surface area contributed by atoms with E-state index >= 15 is 0 Å². The number of aryl methyl sites for hydroxylation is 1. The van der Waals surface area contributed by atoms with Crippen LogP contribution in [-0.4, -0.2) is 13.0 Å². The number of anilines is 1. The highest BCUT2D eigenvalue weighted by Crippen LogP contribution is 2.28. The van der Waals surface area contributed by atoms with Gasteiger partial charge in [0.1, 0.15) is 12.4 Å². The van der Waals surface area contributed by atoms with E-state index < -0.39 is 0 Å². The summed E-state index contributed by atoms with van der Waals surface area (Å²) >= 11 is 6.26. The predicted molar refractivity (Wildman–Crippen MR) is 100 cm³/mol. The number of benzene rings is 2. The highest BCUT2D eigenvalue weighted by Gasteiger charge is 2.13. The van der Waals surface area contributed by atoms with Crippen LogP contribution >= 0.6 is 11.6 Å². The first-order chi connectivity index (χ1) is 12.6. The Labute approximate surface area is 156 Å². The molecular weight excluding hydrogens is 354 g/mol. The van der Waals surface area contributed by atoms with E-state index in [9.17, 15) is 4.79 Å². The number of rotatable bonds is 6. The third kappa shape index (κ3) is 4.00. The molecule has 0 saturated carbocycles. The number of furan rings is 1. The zero-order valence-electron chi connectivity index (χ0n) is 14.4. The summed E-state index contributed by atoms with van der Waals surface area (Å²) in [5.41, 5.74) is 1.87. The molecule has 0 fully saturated rings. The second-order valence-corrected chi connectivity index (χ2v) is 6.00. The van der Waals surface area contributed by atoms with Gasteiger partial charge in [0.2, 0.25) is 0 Å². The molecule has 3 aromatic rings. The van der Waals surface area contributed by atoms with Crippen molar-refractivity contribution in [2.45, 2.75) is 13.5 Å². The van der Waals surface area contributed by atoms with Gasteiger partial charge in [-0.25, -0.2) is 0 Å². The summed E-state index contributed by atoms with van der Waals surface area (Å²) in [7, 11) is 1.59. The van der Waals surface area contributed by atoms with E-state index in [2.05, 4.69) is 5.32 Å². The Morgan fingerprint density at radius 3 is 2.62 bits per heavy atom. The molecule has 0 aliphatic heterocycles. The summed E-state index contributed by atoms with van der Waals surface area (Å²) in [6, 6.07) is 14.2. The molecule has 0 atom stereocenters. The molecule has 1 heterocycles. The molecule has 1 amide bonds. The van der Waals surface area contributed by atoms with E-state index in [-0.39, 0.29) is 12.5 Å². The van der Waals surface area contributed by atoms with Gasteiger partial charge in [-0.1, -0.05) is 23.7 Å². The lowest BCUT2D eigenvalue weighted by molar-refractivity contribution is 0.102. The van der Waals surface area contributed by atoms with E-state index in [1.807, 2.05) is 24.3 Å². The van der Waals surface area contributed by atoms with Gasteiger partial charge in [-0.2, -0.15) is 0 Å². The average Bonchev–Trinajstić information content (AvgIpc) is 3.08. The molecule has 134 valence electrons. The van der Waals surface area contributed by atoms with Gasteiger partial charge in [0.15, 0.2) is 11.5 Å². The van der Waals surface area contributed by atoms with Crippen molar-refractivity contribution in [1.29, 1.82) is 0 Å². The van der Waals surface area contributed by atoms with Crippen molar-refractivity contribution >= 4 is 23.2 Å². The van der Waals surface area contributed by atoms with Crippen LogP contribution in [0.4, 0.5) is 5.69 Å². The van der Waals surface area contributed by atoms with Crippen LogP contribution in [0, 0.1) is 6.92 Å². The normalized spacial score (nSPS) is 10.4. The van der Waals surface area contributed by atoms with Crippen molar-refractivity contribution in [2.75, 3.05) is 12.4 Å². The number of halogens is 1. The summed E-state index contributed by atoms with van der Waals surface area (Å²) in [4.78, 5) is 12.3. The molecule has 1 aromatic heterocycles. The monoisotopic (exact) mass is 371 g/mol. The van der Waals surface area contributed by atoms with Crippen molar-refractivity contribution < 1.29 is 18.7 Å². The van der Waals surface area contributed by atoms with E-state index in [1.165, 1.54) is 6.26 Å². The lowest BCUT2D eigenvalue weighted by Crippen LogP contribution is -2.12. The van der Waals surface area contributed by atoms with E-state index in [0.29, 0.717) is 33.5 Å². The lowest BCUT2D eigenvalue weighted by atomic mass is 10.2. The minimum Gasteiger partial charge on any atom is -0.493 e. The van der Waals surface area contributed by atoms with Gasteiger partial charge in [0.05, 0.1) is 18.9 Å². The van der Waals surface area contributed by atoms with Gasteiger partial charge in [-0.3, -0.25) is 4.79 Å². The van der Waals surface area contributed by atoms with Crippen molar-refractivity contribution in [1.82, 2.24) is 0 Å². The third-order valence-corrected chi connectivity index (χ3v) is 4.23. The molecule has 5 nitrogen and oxygen atoms in total. The zero-order valence-corrected chi connectivity index (χ0v) is 15.2. The summed E-state index contributed by atoms with van der Waals surface area (Å²) in [6.45, 7) is 1.98. The topological polar surface area (TPSA) is 60.7 Å². The molecule has 0 unspecified atom stereocenters. The van der Waals surface area contributed by atoms with Gasteiger partial charge in [0.25, 0.3) is 5.91 Å². The van der Waals surface area contributed by atoms with Crippen LogP contribution in [0.1, 0.15) is 21.7 Å². The SMILES string of the molecule is COc1ccccc1OCc1cc(NC(=O)c2ccoc2C)ccc1Cl. The first kappa shape index (κ1) is 17.9. The van der Waals surface area contributed by atoms with Crippen molar-refractivity contribution in [3.05, 3.63) is 76.7 Å². The van der Waals surface area contributed by atoms with E-state index in [0.717, 1.165) is 5.56 Å². The minimum absolute atomic E-state index is 0.241. The van der Waals surface area contributed by atoms with Gasteiger partial charge >= 0.3 is 0 Å². The molecule has 0 radical (unpaired) electrons. The number of hydrogen-bond donors (Lipinski definition) is 1. The Balaban J connectivity index is 1.73. The quantitative estimate of drug-likeness (QED) is 0.656. The summed E-state index contributed by atoms with van der Waals surface area (Å²) in [5, 5.41) is 3.39. The minimum atomic E-state index is -0.241. The fourth-order valence-corrected chi connectivity index (χ4v) is 2.65. The molecule has 2 aromatic carbocycles. The Morgan fingerprint density at radius 1 is 1.15 bits per heavy atom. The second-order valence-electron chi connectivity index (χ2n) is 5.59. The molecule has 0 spiro atoms. The van der Waals surface area contributed by atoms with Crippen LogP contribution in [0.25, 0.3) is 0 Å². The van der Waals surface area contributed by atoms with Crippen molar-refractivity contribution in [3.8, 4) is 11.5 Å². The number of carbonyl (C=O) groups excluding carboxylic acids is 1. The number of nitrogens with one attached hydrogen (secondary N) is 1. The fraction of sp³-hybridized carbons (Fsp3) is 0.150. The van der Waals surface area contributed by atoms with Crippen LogP contribution in [0.2, 0.25) is 5.02 Å². The predicted octanol–water partition coefficient (Wildman–Crippen LogP) is 5.08. The number of para-hydroxylation sites is 2. The van der Waals surface area contributed by atoms with Crippen LogP contribution in [-0.2, 0) is 6.61 Å². The molecule has 0 saturated heterocycles. The molecule has 1 N–H and O–H groups in total. The maximum atomic E-state index is 12.3. The molecule has 26 heavy (non-hydrogen) atoms. The van der Waals surface area contributed by atoms with Crippen molar-refractivity contribution in [3.63, 3.8) is 0 Å². The maximum absolute atomic E-state index is 12.3. The number of carbonyl (C=O) groups is 1. The largest absolute Gasteiger partial charge is 0.493 e. The van der Waals surface area contributed by atoms with E-state index in [4.69, 9.17) is 25.5 Å². The Hall–Kier alpha value is -2.92. The molecule has 3 rings (SSSR count). The van der Waals surface area contributed by atoms with Crippen LogP contribution in [0.15, 0.2) is 59.2 Å². The van der Waals surface area contributed by atoms with Crippen LogP contribution in [0.3, 0.4) is 0 Å². The smallest absolute Gasteiger partial charge is 0.259 e. The second kappa shape index (κ2) is 7.97. The Kier molecular flexibility index (Phi) is 5.49. The van der Waals surface area contributed by atoms with E-state index in [1.54, 1.807) is 38.3 Å². The number of hydrogen-bond acceptors (Lipinski definition) is 4. The molecule has 0 aliphatic rings. The average molecular weight is 372 g/mol. The fourth-order valence-electron chi connectivity index (χ4n) is 2.48. The lowest BCUT2D eigenvalue weighted by Gasteiger charge is -2.12.